The number of ether oxygens (including phenoxy) is 8. The first kappa shape index (κ1) is 38.6. The van der Waals surface area contributed by atoms with Crippen LogP contribution in [0.5, 0.6) is 46.0 Å². The molecule has 5 aromatic rings. The Morgan fingerprint density at radius 3 is 1.09 bits per heavy atom. The van der Waals surface area contributed by atoms with E-state index in [-0.39, 0.29) is 82.0 Å². The molecule has 5 aromatic carbocycles. The van der Waals surface area contributed by atoms with Crippen LogP contribution in [0.4, 0.5) is 5.69 Å². The molecule has 0 aromatic heterocycles. The lowest BCUT2D eigenvalue weighted by molar-refractivity contribution is -0.385. The average molecular weight is 742 g/mol. The maximum atomic E-state index is 11.7. The van der Waals surface area contributed by atoms with Crippen molar-refractivity contribution in [2.45, 2.75) is 6.61 Å². The fourth-order valence-corrected chi connectivity index (χ4v) is 5.07. The minimum Gasteiger partial charge on any atom is -0.487 e. The van der Waals surface area contributed by atoms with Gasteiger partial charge in [-0.1, -0.05) is 54.6 Å². The Morgan fingerprint density at radius 1 is 0.481 bits per heavy atom. The summed E-state index contributed by atoms with van der Waals surface area (Å²) in [5.41, 5.74) is -0.626. The van der Waals surface area contributed by atoms with Crippen LogP contribution in [-0.2, 0) is 6.61 Å². The van der Waals surface area contributed by atoms with Crippen LogP contribution >= 0.6 is 0 Å². The van der Waals surface area contributed by atoms with Gasteiger partial charge in [0.05, 0.1) is 22.7 Å². The summed E-state index contributed by atoms with van der Waals surface area (Å²) in [6.07, 6.45) is 0. The zero-order valence-electron chi connectivity index (χ0n) is 29.2. The van der Waals surface area contributed by atoms with Crippen LogP contribution in [0, 0.1) is 10.1 Å². The fraction of sp³-hybridized carbons (Fsp3) is 0.225. The highest BCUT2D eigenvalue weighted by Gasteiger charge is 2.22. The Morgan fingerprint density at radius 2 is 0.796 bits per heavy atom. The lowest BCUT2D eigenvalue weighted by Crippen LogP contribution is -2.13. The SMILES string of the molecule is O=C(O)c1cccc([N+](=O)[O-])c1COc1ccccc1OCCOc1ccccc1OCCOc1ccccc1OCCOc1ccccc1OCCO. The highest BCUT2D eigenvalue weighted by atomic mass is 16.6. The number of benzene rings is 5. The summed E-state index contributed by atoms with van der Waals surface area (Å²) in [6, 6.07) is 32.2. The molecular formula is C40H39NO13. The van der Waals surface area contributed by atoms with E-state index in [1.165, 1.54) is 18.2 Å². The van der Waals surface area contributed by atoms with E-state index in [1.807, 2.05) is 36.4 Å². The molecule has 5 rings (SSSR count). The topological polar surface area (TPSA) is 175 Å². The maximum absolute atomic E-state index is 11.7. The van der Waals surface area contributed by atoms with Crippen molar-refractivity contribution in [1.29, 1.82) is 0 Å². The van der Waals surface area contributed by atoms with Gasteiger partial charge in [-0.25, -0.2) is 4.79 Å². The van der Waals surface area contributed by atoms with Gasteiger partial charge in [-0.3, -0.25) is 10.1 Å². The minimum absolute atomic E-state index is 0.0568. The fourth-order valence-electron chi connectivity index (χ4n) is 5.07. The number of nitro benzene ring substituents is 1. The van der Waals surface area contributed by atoms with Crippen LogP contribution in [0.2, 0.25) is 0 Å². The van der Waals surface area contributed by atoms with Crippen LogP contribution in [0.3, 0.4) is 0 Å². The number of aromatic carboxylic acids is 1. The molecule has 0 bridgehead atoms. The molecule has 14 nitrogen and oxygen atoms in total. The van der Waals surface area contributed by atoms with E-state index in [1.54, 1.807) is 60.7 Å². The Labute approximate surface area is 311 Å². The normalized spacial score (nSPS) is 10.5. The first-order valence-electron chi connectivity index (χ1n) is 16.9. The molecule has 0 aliphatic carbocycles. The largest absolute Gasteiger partial charge is 0.487 e. The van der Waals surface area contributed by atoms with Crippen LogP contribution in [0.1, 0.15) is 15.9 Å². The van der Waals surface area contributed by atoms with E-state index in [0.717, 1.165) is 0 Å². The minimum atomic E-state index is -1.30. The zero-order chi connectivity index (χ0) is 38.0. The molecule has 0 unspecified atom stereocenters. The van der Waals surface area contributed by atoms with Crippen molar-refractivity contribution in [3.8, 4) is 46.0 Å². The van der Waals surface area contributed by atoms with Crippen molar-refractivity contribution in [2.24, 2.45) is 0 Å². The number of aliphatic hydroxyl groups is 1. The van der Waals surface area contributed by atoms with Crippen molar-refractivity contribution in [1.82, 2.24) is 0 Å². The highest BCUT2D eigenvalue weighted by molar-refractivity contribution is 5.90. The summed E-state index contributed by atoms with van der Waals surface area (Å²) < 4.78 is 46.8. The van der Waals surface area contributed by atoms with Gasteiger partial charge in [-0.05, 0) is 54.6 Å². The second-order valence-electron chi connectivity index (χ2n) is 11.1. The monoisotopic (exact) mass is 741 g/mol. The van der Waals surface area contributed by atoms with Crippen molar-refractivity contribution in [3.63, 3.8) is 0 Å². The Balaban J connectivity index is 1.06. The molecule has 0 fully saturated rings. The predicted octanol–water partition coefficient (Wildman–Crippen LogP) is 6.62. The first-order chi connectivity index (χ1) is 26.4. The Kier molecular flexibility index (Phi) is 14.6. The van der Waals surface area contributed by atoms with Crippen molar-refractivity contribution >= 4 is 11.7 Å². The number of para-hydroxylation sites is 8. The van der Waals surface area contributed by atoms with Crippen molar-refractivity contribution in [2.75, 3.05) is 52.9 Å². The number of rotatable bonds is 23. The molecule has 0 aliphatic heterocycles. The molecule has 2 N–H and O–H groups in total. The molecule has 54 heavy (non-hydrogen) atoms. The van der Waals surface area contributed by atoms with E-state index < -0.39 is 10.9 Å². The number of hydrogen-bond acceptors (Lipinski definition) is 12. The molecule has 282 valence electrons. The standard InChI is InChI=1S/C40H39NO13/c42-20-21-47-32-12-1-2-13-33(32)48-22-23-49-34-14-3-4-15-35(34)50-24-25-51-36-16-5-6-17-37(36)52-26-27-53-38-18-7-8-19-39(38)54-28-30-29(40(43)44)10-9-11-31(30)41(45)46/h1-19,42H,20-28H2,(H,43,44). The van der Waals surface area contributed by atoms with Gasteiger partial charge in [-0.2, -0.15) is 0 Å². The summed E-state index contributed by atoms with van der Waals surface area (Å²) in [5, 5.41) is 30.1. The Hall–Kier alpha value is -6.67. The first-order valence-corrected chi connectivity index (χ1v) is 16.9. The number of carboxylic acid groups (broad SMARTS) is 1. The third-order valence-electron chi connectivity index (χ3n) is 7.49. The number of carboxylic acids is 1. The van der Waals surface area contributed by atoms with E-state index in [9.17, 15) is 20.0 Å². The van der Waals surface area contributed by atoms with Gasteiger partial charge in [-0.15, -0.1) is 0 Å². The van der Waals surface area contributed by atoms with Crippen LogP contribution < -0.4 is 37.9 Å². The van der Waals surface area contributed by atoms with Crippen LogP contribution in [-0.4, -0.2) is 74.0 Å². The summed E-state index contributed by atoms with van der Waals surface area (Å²) in [6.45, 7) is 0.941. The van der Waals surface area contributed by atoms with Crippen molar-refractivity contribution in [3.05, 3.63) is 137 Å². The van der Waals surface area contributed by atoms with E-state index in [0.29, 0.717) is 40.2 Å². The third kappa shape index (κ3) is 11.2. The number of nitro groups is 1. The molecule has 0 heterocycles. The number of nitrogens with zero attached hydrogens (tertiary/aromatic N) is 1. The smallest absolute Gasteiger partial charge is 0.336 e. The lowest BCUT2D eigenvalue weighted by atomic mass is 10.1. The summed E-state index contributed by atoms with van der Waals surface area (Å²) in [5.74, 6) is 2.53. The van der Waals surface area contributed by atoms with Gasteiger partial charge >= 0.3 is 5.97 Å². The van der Waals surface area contributed by atoms with Gasteiger partial charge in [0, 0.05) is 6.07 Å². The van der Waals surface area contributed by atoms with Crippen LogP contribution in [0.25, 0.3) is 0 Å². The molecule has 0 saturated carbocycles. The molecule has 0 amide bonds. The van der Waals surface area contributed by atoms with Gasteiger partial charge in [0.25, 0.3) is 5.69 Å². The third-order valence-corrected chi connectivity index (χ3v) is 7.49. The number of carbonyl (C=O) groups is 1. The molecular weight excluding hydrogens is 702 g/mol. The van der Waals surface area contributed by atoms with E-state index in [2.05, 4.69) is 0 Å². The number of aliphatic hydroxyl groups excluding tert-OH is 1. The van der Waals surface area contributed by atoms with Gasteiger partial charge < -0.3 is 48.1 Å². The van der Waals surface area contributed by atoms with Gasteiger partial charge in [0.2, 0.25) is 0 Å². The lowest BCUT2D eigenvalue weighted by Gasteiger charge is -2.16. The quantitative estimate of drug-likeness (QED) is 0.0416. The molecule has 14 heteroatoms. The predicted molar refractivity (Wildman–Crippen MR) is 196 cm³/mol. The molecule has 0 aliphatic rings. The maximum Gasteiger partial charge on any atom is 0.336 e. The Bertz CT molecular complexity index is 1940. The number of hydrogen-bond donors (Lipinski definition) is 2. The summed E-state index contributed by atoms with van der Waals surface area (Å²) >= 11 is 0. The van der Waals surface area contributed by atoms with Crippen LogP contribution in [0.15, 0.2) is 115 Å². The average Bonchev–Trinajstić information content (AvgIpc) is 3.19. The second-order valence-corrected chi connectivity index (χ2v) is 11.1. The van der Waals surface area contributed by atoms with Crippen molar-refractivity contribution < 1.29 is 57.8 Å². The molecule has 0 spiro atoms. The summed E-state index contributed by atoms with van der Waals surface area (Å²) in [4.78, 5) is 22.6. The molecule has 0 atom stereocenters. The second kappa shape index (κ2) is 20.4. The zero-order valence-corrected chi connectivity index (χ0v) is 29.2. The van der Waals surface area contributed by atoms with E-state index in [4.69, 9.17) is 43.0 Å². The molecule has 0 radical (unpaired) electrons. The van der Waals surface area contributed by atoms with Gasteiger partial charge in [0.15, 0.2) is 46.0 Å². The van der Waals surface area contributed by atoms with Gasteiger partial charge in [0.1, 0.15) is 52.9 Å². The molecule has 0 saturated heterocycles. The van der Waals surface area contributed by atoms with E-state index >= 15 is 0 Å². The highest BCUT2D eigenvalue weighted by Crippen LogP contribution is 2.32. The summed E-state index contributed by atoms with van der Waals surface area (Å²) in [7, 11) is 0.